The van der Waals surface area contributed by atoms with Gasteiger partial charge in [0.25, 0.3) is 5.91 Å². The third-order valence-corrected chi connectivity index (χ3v) is 7.85. The molecular formula is C22H27N3O3S. The third kappa shape index (κ3) is 3.95. The number of carbonyl (C=O) groups is 1. The van der Waals surface area contributed by atoms with Gasteiger partial charge >= 0.3 is 0 Å². The fourth-order valence-corrected chi connectivity index (χ4v) is 5.46. The molecule has 0 radical (unpaired) electrons. The van der Waals surface area contributed by atoms with Crippen molar-refractivity contribution in [2.24, 2.45) is 0 Å². The van der Waals surface area contributed by atoms with Gasteiger partial charge in [-0.2, -0.15) is 4.31 Å². The zero-order chi connectivity index (χ0) is 20.6. The summed E-state index contributed by atoms with van der Waals surface area (Å²) in [5.41, 5.74) is 3.71. The van der Waals surface area contributed by atoms with Crippen LogP contribution in [0.2, 0.25) is 0 Å². The van der Waals surface area contributed by atoms with E-state index in [2.05, 4.69) is 17.0 Å². The van der Waals surface area contributed by atoms with E-state index in [1.165, 1.54) is 9.87 Å². The summed E-state index contributed by atoms with van der Waals surface area (Å²) < 4.78 is 27.7. The number of nitrogens with zero attached hydrogens (tertiary/aromatic N) is 3. The summed E-state index contributed by atoms with van der Waals surface area (Å²) in [6, 6.07) is 13.1. The minimum Gasteiger partial charge on any atom is -0.334 e. The van der Waals surface area contributed by atoms with Gasteiger partial charge in [-0.1, -0.05) is 30.3 Å². The zero-order valence-electron chi connectivity index (χ0n) is 17.0. The Hall–Kier alpha value is -2.22. The number of sulfonamides is 1. The molecule has 29 heavy (non-hydrogen) atoms. The number of hydrogen-bond donors (Lipinski definition) is 0. The predicted molar refractivity (Wildman–Crippen MR) is 112 cm³/mol. The average Bonchev–Trinajstić information content (AvgIpc) is 2.73. The van der Waals surface area contributed by atoms with Gasteiger partial charge in [-0.25, -0.2) is 8.42 Å². The standard InChI is InChI=1S/C22H27N3O3S/c1-17-7-8-20(29(27,28)25-13-11-23(2)12-14-25)15-21(17)22(26)24-10-9-18-5-3-4-6-19(18)16-24/h3-8,15H,9-14,16H2,1-2H3. The lowest BCUT2D eigenvalue weighted by Crippen LogP contribution is -2.47. The number of piperazine rings is 1. The molecule has 0 saturated carbocycles. The highest BCUT2D eigenvalue weighted by Crippen LogP contribution is 2.24. The normalized spacial score (nSPS) is 18.5. The summed E-state index contributed by atoms with van der Waals surface area (Å²) in [5, 5.41) is 0. The number of carbonyl (C=O) groups excluding carboxylic acids is 1. The Balaban J connectivity index is 1.60. The average molecular weight is 414 g/mol. The van der Waals surface area contributed by atoms with Crippen LogP contribution in [0.3, 0.4) is 0 Å². The molecular weight excluding hydrogens is 386 g/mol. The van der Waals surface area contributed by atoms with Crippen LogP contribution in [0.25, 0.3) is 0 Å². The lowest BCUT2D eigenvalue weighted by atomic mass is 9.98. The summed E-state index contributed by atoms with van der Waals surface area (Å²) in [6.45, 7) is 5.43. The highest BCUT2D eigenvalue weighted by molar-refractivity contribution is 7.89. The van der Waals surface area contributed by atoms with E-state index in [0.717, 1.165) is 17.5 Å². The Morgan fingerprint density at radius 2 is 1.62 bits per heavy atom. The smallest absolute Gasteiger partial charge is 0.254 e. The fourth-order valence-electron chi connectivity index (χ4n) is 4.01. The van der Waals surface area contributed by atoms with Crippen molar-refractivity contribution in [2.75, 3.05) is 39.8 Å². The second-order valence-electron chi connectivity index (χ2n) is 7.93. The van der Waals surface area contributed by atoms with Crippen LogP contribution in [0.4, 0.5) is 0 Å². The zero-order valence-corrected chi connectivity index (χ0v) is 17.8. The summed E-state index contributed by atoms with van der Waals surface area (Å²) in [7, 11) is -1.61. The minimum absolute atomic E-state index is 0.104. The number of fused-ring (bicyclic) bond motifs is 1. The van der Waals surface area contributed by atoms with Crippen LogP contribution in [-0.4, -0.2) is 68.2 Å². The first-order valence-electron chi connectivity index (χ1n) is 10.0. The van der Waals surface area contributed by atoms with Crippen LogP contribution in [-0.2, 0) is 23.0 Å². The summed E-state index contributed by atoms with van der Waals surface area (Å²) >= 11 is 0. The van der Waals surface area contributed by atoms with E-state index in [-0.39, 0.29) is 10.8 Å². The maximum absolute atomic E-state index is 13.2. The van der Waals surface area contributed by atoms with Crippen LogP contribution in [0.1, 0.15) is 27.0 Å². The Morgan fingerprint density at radius 1 is 0.931 bits per heavy atom. The molecule has 2 heterocycles. The molecule has 2 aliphatic rings. The molecule has 1 saturated heterocycles. The molecule has 0 aliphatic carbocycles. The molecule has 0 atom stereocenters. The number of benzene rings is 2. The van der Waals surface area contributed by atoms with Gasteiger partial charge in [-0.05, 0) is 49.2 Å². The monoisotopic (exact) mass is 413 g/mol. The quantitative estimate of drug-likeness (QED) is 0.774. The molecule has 1 amide bonds. The van der Waals surface area contributed by atoms with Gasteiger partial charge in [0.2, 0.25) is 10.0 Å². The van der Waals surface area contributed by atoms with Crippen LogP contribution in [0, 0.1) is 6.92 Å². The maximum Gasteiger partial charge on any atom is 0.254 e. The van der Waals surface area contributed by atoms with Crippen molar-refractivity contribution in [3.8, 4) is 0 Å². The van der Waals surface area contributed by atoms with Gasteiger partial charge < -0.3 is 9.80 Å². The second-order valence-corrected chi connectivity index (χ2v) is 9.87. The summed E-state index contributed by atoms with van der Waals surface area (Å²) in [6.07, 6.45) is 0.820. The van der Waals surface area contributed by atoms with E-state index in [9.17, 15) is 13.2 Å². The van der Waals surface area contributed by atoms with Crippen LogP contribution < -0.4 is 0 Å². The Labute approximate surface area is 172 Å². The van der Waals surface area contributed by atoms with Gasteiger partial charge in [0.15, 0.2) is 0 Å². The number of hydrogen-bond acceptors (Lipinski definition) is 4. The molecule has 0 N–H and O–H groups in total. The first kappa shape index (κ1) is 20.1. The van der Waals surface area contributed by atoms with Crippen LogP contribution >= 0.6 is 0 Å². The van der Waals surface area contributed by atoms with Crippen molar-refractivity contribution >= 4 is 15.9 Å². The van der Waals surface area contributed by atoms with E-state index >= 15 is 0 Å². The number of likely N-dealkylation sites (N-methyl/N-ethyl adjacent to an activating group) is 1. The van der Waals surface area contributed by atoms with E-state index in [4.69, 9.17) is 0 Å². The van der Waals surface area contributed by atoms with E-state index in [1.54, 1.807) is 18.2 Å². The Bertz CT molecular complexity index is 1030. The van der Waals surface area contributed by atoms with Crippen LogP contribution in [0.5, 0.6) is 0 Å². The maximum atomic E-state index is 13.2. The molecule has 6 nitrogen and oxygen atoms in total. The Kier molecular flexibility index (Phi) is 5.46. The van der Waals surface area contributed by atoms with E-state index in [1.807, 2.05) is 31.0 Å². The van der Waals surface area contributed by atoms with Crippen molar-refractivity contribution in [1.29, 1.82) is 0 Å². The highest BCUT2D eigenvalue weighted by Gasteiger charge is 2.29. The lowest BCUT2D eigenvalue weighted by Gasteiger charge is -2.32. The minimum atomic E-state index is -3.60. The van der Waals surface area contributed by atoms with Gasteiger partial charge in [0.1, 0.15) is 0 Å². The molecule has 2 aliphatic heterocycles. The summed E-state index contributed by atoms with van der Waals surface area (Å²) in [5.74, 6) is -0.104. The summed E-state index contributed by atoms with van der Waals surface area (Å²) in [4.78, 5) is 17.4. The fraction of sp³-hybridized carbons (Fsp3) is 0.409. The molecule has 7 heteroatoms. The van der Waals surface area contributed by atoms with E-state index < -0.39 is 10.0 Å². The van der Waals surface area contributed by atoms with Crippen molar-refractivity contribution in [3.05, 3.63) is 64.7 Å². The molecule has 0 bridgehead atoms. The van der Waals surface area contributed by atoms with Gasteiger partial charge in [-0.15, -0.1) is 0 Å². The number of rotatable bonds is 3. The first-order valence-corrected chi connectivity index (χ1v) is 11.5. The number of amides is 1. The van der Waals surface area contributed by atoms with Crippen molar-refractivity contribution in [2.45, 2.75) is 24.8 Å². The molecule has 154 valence electrons. The molecule has 1 fully saturated rings. The largest absolute Gasteiger partial charge is 0.334 e. The molecule has 2 aromatic carbocycles. The molecule has 2 aromatic rings. The predicted octanol–water partition coefficient (Wildman–Crippen LogP) is 2.13. The number of aryl methyl sites for hydroxylation is 1. The molecule has 0 unspecified atom stereocenters. The first-order chi connectivity index (χ1) is 13.9. The molecule has 0 spiro atoms. The Morgan fingerprint density at radius 3 is 2.34 bits per heavy atom. The lowest BCUT2D eigenvalue weighted by molar-refractivity contribution is 0.0733. The highest BCUT2D eigenvalue weighted by atomic mass is 32.2. The van der Waals surface area contributed by atoms with Gasteiger partial charge in [0.05, 0.1) is 4.90 Å². The van der Waals surface area contributed by atoms with Crippen molar-refractivity contribution in [3.63, 3.8) is 0 Å². The van der Waals surface area contributed by atoms with Crippen molar-refractivity contribution in [1.82, 2.24) is 14.1 Å². The SMILES string of the molecule is Cc1ccc(S(=O)(=O)N2CCN(C)CC2)cc1C(=O)N1CCc2ccccc2C1. The van der Waals surface area contributed by atoms with E-state index in [0.29, 0.717) is 44.8 Å². The van der Waals surface area contributed by atoms with Crippen LogP contribution in [0.15, 0.2) is 47.4 Å². The molecule has 4 rings (SSSR count). The van der Waals surface area contributed by atoms with Gasteiger partial charge in [-0.3, -0.25) is 4.79 Å². The molecule has 0 aromatic heterocycles. The second kappa shape index (κ2) is 7.89. The third-order valence-electron chi connectivity index (χ3n) is 5.96. The topological polar surface area (TPSA) is 60.9 Å². The van der Waals surface area contributed by atoms with Crippen molar-refractivity contribution < 1.29 is 13.2 Å². The van der Waals surface area contributed by atoms with Gasteiger partial charge in [0, 0.05) is 44.8 Å².